The summed E-state index contributed by atoms with van der Waals surface area (Å²) in [4.78, 5) is 2.47. The maximum atomic E-state index is 12.4. The summed E-state index contributed by atoms with van der Waals surface area (Å²) in [5.74, 6) is 0.236. The van der Waals surface area contributed by atoms with Gasteiger partial charge in [-0.15, -0.1) is 0 Å². The van der Waals surface area contributed by atoms with E-state index in [0.29, 0.717) is 19.5 Å². The van der Waals surface area contributed by atoms with Crippen LogP contribution in [0.15, 0.2) is 12.3 Å². The molecule has 2 aliphatic heterocycles. The summed E-state index contributed by atoms with van der Waals surface area (Å²) in [7, 11) is -3.15. The highest BCUT2D eigenvalue weighted by Gasteiger charge is 2.32. The third-order valence-electron chi connectivity index (χ3n) is 4.68. The van der Waals surface area contributed by atoms with E-state index in [1.807, 2.05) is 17.7 Å². The second-order valence-corrected chi connectivity index (χ2v) is 8.46. The standard InChI is InChI=1S/C15H26N4O2S/c1-2-11-22(20,21)18-12-14-5-7-16-19(14)15(13-18)6-10-17-8-3-4-9-17/h5,7,15H,2-4,6,8-13H2,1H3. The fraction of sp³-hybridized carbons (Fsp3) is 0.800. The molecule has 0 saturated carbocycles. The summed E-state index contributed by atoms with van der Waals surface area (Å²) in [5.41, 5.74) is 1.01. The number of rotatable bonds is 6. The predicted octanol–water partition coefficient (Wildman–Crippen LogP) is 1.47. The number of likely N-dealkylation sites (tertiary alicyclic amines) is 1. The maximum Gasteiger partial charge on any atom is 0.214 e. The van der Waals surface area contributed by atoms with Crippen LogP contribution >= 0.6 is 0 Å². The largest absolute Gasteiger partial charge is 0.303 e. The Morgan fingerprint density at radius 1 is 1.32 bits per heavy atom. The van der Waals surface area contributed by atoms with Gasteiger partial charge in [0, 0.05) is 19.3 Å². The summed E-state index contributed by atoms with van der Waals surface area (Å²) in [6.07, 6.45) is 5.99. The first-order chi connectivity index (χ1) is 10.6. The fourth-order valence-corrected chi connectivity index (χ4v) is 5.01. The van der Waals surface area contributed by atoms with Gasteiger partial charge in [0.1, 0.15) is 0 Å². The zero-order valence-corrected chi connectivity index (χ0v) is 14.1. The molecule has 0 aliphatic carbocycles. The molecule has 22 heavy (non-hydrogen) atoms. The van der Waals surface area contributed by atoms with Crippen LogP contribution in [-0.4, -0.2) is 59.3 Å². The van der Waals surface area contributed by atoms with Gasteiger partial charge in [-0.3, -0.25) is 4.68 Å². The van der Waals surface area contributed by atoms with Crippen molar-refractivity contribution in [1.29, 1.82) is 0 Å². The zero-order valence-electron chi connectivity index (χ0n) is 13.3. The van der Waals surface area contributed by atoms with Crippen LogP contribution in [-0.2, 0) is 16.6 Å². The van der Waals surface area contributed by atoms with Crippen LogP contribution in [0.4, 0.5) is 0 Å². The first kappa shape index (κ1) is 16.0. The van der Waals surface area contributed by atoms with Gasteiger partial charge >= 0.3 is 0 Å². The quantitative estimate of drug-likeness (QED) is 0.794. The van der Waals surface area contributed by atoms with Crippen molar-refractivity contribution in [1.82, 2.24) is 19.0 Å². The van der Waals surface area contributed by atoms with Gasteiger partial charge < -0.3 is 4.90 Å². The second-order valence-electron chi connectivity index (χ2n) is 6.37. The van der Waals surface area contributed by atoms with E-state index in [2.05, 4.69) is 10.00 Å². The summed E-state index contributed by atoms with van der Waals surface area (Å²) >= 11 is 0. The molecule has 0 amide bonds. The average molecular weight is 326 g/mol. The number of nitrogens with zero attached hydrogens (tertiary/aromatic N) is 4. The lowest BCUT2D eigenvalue weighted by molar-refractivity contribution is 0.226. The minimum atomic E-state index is -3.15. The third kappa shape index (κ3) is 3.36. The first-order valence-electron chi connectivity index (χ1n) is 8.32. The molecule has 0 aromatic carbocycles. The Balaban J connectivity index is 1.71. The molecule has 1 aromatic rings. The fourth-order valence-electron chi connectivity index (χ4n) is 3.50. The molecular formula is C15H26N4O2S. The molecule has 6 nitrogen and oxygen atoms in total. The minimum absolute atomic E-state index is 0.158. The van der Waals surface area contributed by atoms with Crippen LogP contribution in [0.2, 0.25) is 0 Å². The molecule has 0 spiro atoms. The molecule has 1 unspecified atom stereocenters. The zero-order chi connectivity index (χ0) is 15.6. The van der Waals surface area contributed by atoms with Gasteiger partial charge in [-0.05, 0) is 44.8 Å². The van der Waals surface area contributed by atoms with E-state index in [1.54, 1.807) is 10.5 Å². The van der Waals surface area contributed by atoms with Crippen molar-refractivity contribution in [2.45, 2.75) is 45.2 Å². The predicted molar refractivity (Wildman–Crippen MR) is 86.0 cm³/mol. The number of hydrogen-bond acceptors (Lipinski definition) is 4. The SMILES string of the molecule is CCCS(=O)(=O)N1Cc2ccnn2C(CCN2CCCC2)C1. The maximum absolute atomic E-state index is 12.4. The number of fused-ring (bicyclic) bond motifs is 1. The van der Waals surface area contributed by atoms with E-state index in [4.69, 9.17) is 0 Å². The van der Waals surface area contributed by atoms with Gasteiger partial charge in [0.2, 0.25) is 10.0 Å². The van der Waals surface area contributed by atoms with E-state index in [-0.39, 0.29) is 11.8 Å². The highest BCUT2D eigenvalue weighted by molar-refractivity contribution is 7.89. The van der Waals surface area contributed by atoms with Crippen molar-refractivity contribution in [3.05, 3.63) is 18.0 Å². The minimum Gasteiger partial charge on any atom is -0.303 e. The van der Waals surface area contributed by atoms with Gasteiger partial charge in [-0.25, -0.2) is 8.42 Å². The first-order valence-corrected chi connectivity index (χ1v) is 9.93. The Bertz CT molecular complexity index is 592. The highest BCUT2D eigenvalue weighted by atomic mass is 32.2. The van der Waals surface area contributed by atoms with Gasteiger partial charge in [0.25, 0.3) is 0 Å². The molecule has 1 saturated heterocycles. The molecule has 2 aliphatic rings. The van der Waals surface area contributed by atoms with Crippen LogP contribution < -0.4 is 0 Å². The number of sulfonamides is 1. The van der Waals surface area contributed by atoms with Crippen LogP contribution in [0.1, 0.15) is 44.3 Å². The lowest BCUT2D eigenvalue weighted by atomic mass is 10.1. The summed E-state index contributed by atoms with van der Waals surface area (Å²) < 4.78 is 28.5. The Kier molecular flexibility index (Phi) is 4.84. The van der Waals surface area contributed by atoms with Crippen LogP contribution in [0.5, 0.6) is 0 Å². The van der Waals surface area contributed by atoms with Crippen molar-refractivity contribution < 1.29 is 8.42 Å². The molecule has 1 fully saturated rings. The summed E-state index contributed by atoms with van der Waals surface area (Å²) in [6.45, 7) is 6.32. The molecule has 0 radical (unpaired) electrons. The number of aromatic nitrogens is 2. The molecule has 0 bridgehead atoms. The molecule has 3 rings (SSSR count). The van der Waals surface area contributed by atoms with Gasteiger partial charge in [-0.2, -0.15) is 9.40 Å². The van der Waals surface area contributed by atoms with E-state index in [0.717, 1.165) is 18.7 Å². The van der Waals surface area contributed by atoms with Crippen molar-refractivity contribution in [3.63, 3.8) is 0 Å². The molecule has 3 heterocycles. The van der Waals surface area contributed by atoms with E-state index in [9.17, 15) is 8.42 Å². The van der Waals surface area contributed by atoms with E-state index >= 15 is 0 Å². The van der Waals surface area contributed by atoms with Gasteiger partial charge in [0.15, 0.2) is 0 Å². The number of hydrogen-bond donors (Lipinski definition) is 0. The Morgan fingerprint density at radius 2 is 2.09 bits per heavy atom. The third-order valence-corrected chi connectivity index (χ3v) is 6.67. The van der Waals surface area contributed by atoms with Gasteiger partial charge in [0.05, 0.1) is 24.0 Å². The molecule has 1 aromatic heterocycles. The lowest BCUT2D eigenvalue weighted by Crippen LogP contribution is -2.43. The van der Waals surface area contributed by atoms with Crippen LogP contribution in [0.25, 0.3) is 0 Å². The normalized spacial score (nSPS) is 23.8. The summed E-state index contributed by atoms with van der Waals surface area (Å²) in [6, 6.07) is 2.10. The van der Waals surface area contributed by atoms with Crippen LogP contribution in [0, 0.1) is 0 Å². The second kappa shape index (κ2) is 6.68. The summed E-state index contributed by atoms with van der Waals surface area (Å²) in [5, 5.41) is 4.42. The van der Waals surface area contributed by atoms with E-state index < -0.39 is 10.0 Å². The van der Waals surface area contributed by atoms with Crippen molar-refractivity contribution in [2.75, 3.05) is 31.9 Å². The Labute approximate surface area is 133 Å². The van der Waals surface area contributed by atoms with Crippen LogP contribution in [0.3, 0.4) is 0 Å². The van der Waals surface area contributed by atoms with Crippen molar-refractivity contribution in [3.8, 4) is 0 Å². The van der Waals surface area contributed by atoms with Gasteiger partial charge in [-0.1, -0.05) is 6.92 Å². The van der Waals surface area contributed by atoms with E-state index in [1.165, 1.54) is 25.9 Å². The van der Waals surface area contributed by atoms with Crippen molar-refractivity contribution >= 4 is 10.0 Å². The smallest absolute Gasteiger partial charge is 0.214 e. The topological polar surface area (TPSA) is 58.4 Å². The monoisotopic (exact) mass is 326 g/mol. The molecule has 1 atom stereocenters. The Morgan fingerprint density at radius 3 is 2.82 bits per heavy atom. The molecular weight excluding hydrogens is 300 g/mol. The average Bonchev–Trinajstić information content (AvgIpc) is 3.15. The molecule has 124 valence electrons. The molecule has 0 N–H and O–H groups in total. The molecule has 7 heteroatoms. The lowest BCUT2D eigenvalue weighted by Gasteiger charge is -2.34. The Hall–Kier alpha value is -0.920. The van der Waals surface area contributed by atoms with Crippen molar-refractivity contribution in [2.24, 2.45) is 0 Å². The highest BCUT2D eigenvalue weighted by Crippen LogP contribution is 2.26.